The highest BCUT2D eigenvalue weighted by Crippen LogP contribution is 2.28. The van der Waals surface area contributed by atoms with Crippen LogP contribution in [0.15, 0.2) is 42.5 Å². The van der Waals surface area contributed by atoms with Gasteiger partial charge in [-0.25, -0.2) is 9.18 Å². The van der Waals surface area contributed by atoms with E-state index in [1.807, 2.05) is 4.90 Å². The van der Waals surface area contributed by atoms with Crippen molar-refractivity contribution in [2.45, 2.75) is 6.10 Å². The number of likely N-dealkylation sites (N-methyl/N-ethyl adjacent to an activating group) is 1. The van der Waals surface area contributed by atoms with Crippen molar-refractivity contribution in [2.75, 3.05) is 43.6 Å². The van der Waals surface area contributed by atoms with E-state index in [9.17, 15) is 19.1 Å². The van der Waals surface area contributed by atoms with Crippen molar-refractivity contribution >= 4 is 23.3 Å². The summed E-state index contributed by atoms with van der Waals surface area (Å²) < 4.78 is 25.0. The third-order valence-corrected chi connectivity index (χ3v) is 4.38. The van der Waals surface area contributed by atoms with Gasteiger partial charge in [0.05, 0.1) is 48.4 Å². The van der Waals surface area contributed by atoms with Crippen LogP contribution in [0.2, 0.25) is 0 Å². The maximum Gasteiger partial charge on any atom is 0.335 e. The van der Waals surface area contributed by atoms with Crippen LogP contribution in [-0.4, -0.2) is 56.5 Å². The molecule has 1 atom stereocenters. The molecule has 1 aliphatic heterocycles. The third kappa shape index (κ3) is 4.65. The van der Waals surface area contributed by atoms with Gasteiger partial charge in [-0.2, -0.15) is 0 Å². The second kappa shape index (κ2) is 8.81. The van der Waals surface area contributed by atoms with E-state index in [1.165, 1.54) is 30.3 Å². The van der Waals surface area contributed by atoms with Crippen LogP contribution >= 0.6 is 0 Å². The monoisotopic (exact) mass is 388 g/mol. The minimum atomic E-state index is -1.13. The number of benzene rings is 2. The van der Waals surface area contributed by atoms with Gasteiger partial charge in [0.25, 0.3) is 5.91 Å². The lowest BCUT2D eigenvalue weighted by Gasteiger charge is -2.30. The molecule has 3 rings (SSSR count). The van der Waals surface area contributed by atoms with Gasteiger partial charge < -0.3 is 24.8 Å². The van der Waals surface area contributed by atoms with Crippen LogP contribution in [-0.2, 0) is 9.47 Å². The van der Waals surface area contributed by atoms with Crippen molar-refractivity contribution in [2.24, 2.45) is 0 Å². The molecule has 0 bridgehead atoms. The summed E-state index contributed by atoms with van der Waals surface area (Å²) in [4.78, 5) is 25.7. The molecule has 8 heteroatoms. The zero-order chi connectivity index (χ0) is 20.1. The second-order valence-electron chi connectivity index (χ2n) is 6.42. The van der Waals surface area contributed by atoms with E-state index in [2.05, 4.69) is 5.32 Å². The van der Waals surface area contributed by atoms with E-state index in [4.69, 9.17) is 9.47 Å². The molecule has 28 heavy (non-hydrogen) atoms. The normalized spacial score (nSPS) is 16.4. The highest BCUT2D eigenvalue weighted by molar-refractivity contribution is 6.06. The number of amides is 1. The Balaban J connectivity index is 1.86. The van der Waals surface area contributed by atoms with Gasteiger partial charge >= 0.3 is 5.97 Å². The van der Waals surface area contributed by atoms with E-state index < -0.39 is 17.7 Å². The lowest BCUT2D eigenvalue weighted by atomic mass is 10.1. The predicted molar refractivity (Wildman–Crippen MR) is 102 cm³/mol. The Morgan fingerprint density at radius 1 is 1.25 bits per heavy atom. The number of anilines is 2. The lowest BCUT2D eigenvalue weighted by Crippen LogP contribution is -2.38. The zero-order valence-corrected chi connectivity index (χ0v) is 15.4. The van der Waals surface area contributed by atoms with Crippen molar-refractivity contribution in [3.05, 3.63) is 59.4 Å². The van der Waals surface area contributed by atoms with E-state index in [0.29, 0.717) is 32.1 Å². The van der Waals surface area contributed by atoms with Crippen LogP contribution in [0.25, 0.3) is 0 Å². The summed E-state index contributed by atoms with van der Waals surface area (Å²) >= 11 is 0. The summed E-state index contributed by atoms with van der Waals surface area (Å²) in [7, 11) is 1.80. The van der Waals surface area contributed by atoms with Crippen LogP contribution in [0.1, 0.15) is 20.7 Å². The zero-order valence-electron chi connectivity index (χ0n) is 15.4. The van der Waals surface area contributed by atoms with Crippen molar-refractivity contribution in [3.63, 3.8) is 0 Å². The fraction of sp³-hybridized carbons (Fsp3) is 0.300. The second-order valence-corrected chi connectivity index (χ2v) is 6.42. The molecule has 0 spiro atoms. The molecule has 1 fully saturated rings. The van der Waals surface area contributed by atoms with Crippen molar-refractivity contribution in [3.8, 4) is 0 Å². The molecule has 0 unspecified atom stereocenters. The quantitative estimate of drug-likeness (QED) is 0.791. The van der Waals surface area contributed by atoms with Crippen LogP contribution in [0, 0.1) is 5.82 Å². The predicted octanol–water partition coefficient (Wildman–Crippen LogP) is 2.63. The van der Waals surface area contributed by atoms with Crippen LogP contribution in [0.5, 0.6) is 0 Å². The van der Waals surface area contributed by atoms with Gasteiger partial charge in [0.2, 0.25) is 0 Å². The molecular weight excluding hydrogens is 367 g/mol. The Kier molecular flexibility index (Phi) is 6.23. The van der Waals surface area contributed by atoms with Gasteiger partial charge in [-0.3, -0.25) is 4.79 Å². The first kappa shape index (κ1) is 19.8. The first-order valence-corrected chi connectivity index (χ1v) is 8.79. The molecule has 1 amide bonds. The van der Waals surface area contributed by atoms with Gasteiger partial charge in [-0.05, 0) is 30.3 Å². The SMILES string of the molecule is CN(C[C@H]1COCCO1)c1ccc(C(=O)O)cc1NC(=O)c1ccccc1F. The number of carbonyl (C=O) groups is 2. The molecule has 0 aromatic heterocycles. The van der Waals surface area contributed by atoms with Crippen molar-refractivity contribution < 1.29 is 28.6 Å². The summed E-state index contributed by atoms with van der Waals surface area (Å²) in [5.41, 5.74) is 0.746. The maximum absolute atomic E-state index is 13.9. The third-order valence-electron chi connectivity index (χ3n) is 4.38. The van der Waals surface area contributed by atoms with Gasteiger partial charge in [0.1, 0.15) is 5.82 Å². The fourth-order valence-corrected chi connectivity index (χ4v) is 2.98. The highest BCUT2D eigenvalue weighted by Gasteiger charge is 2.20. The Morgan fingerprint density at radius 3 is 2.71 bits per heavy atom. The molecule has 2 N–H and O–H groups in total. The Morgan fingerprint density at radius 2 is 2.04 bits per heavy atom. The molecule has 7 nitrogen and oxygen atoms in total. The Hall–Kier alpha value is -2.97. The van der Waals surface area contributed by atoms with Gasteiger partial charge in [-0.1, -0.05) is 12.1 Å². The van der Waals surface area contributed by atoms with E-state index in [-0.39, 0.29) is 22.9 Å². The van der Waals surface area contributed by atoms with E-state index >= 15 is 0 Å². The summed E-state index contributed by atoms with van der Waals surface area (Å²) in [6, 6.07) is 10.0. The fourth-order valence-electron chi connectivity index (χ4n) is 2.98. The number of nitrogens with zero attached hydrogens (tertiary/aromatic N) is 1. The first-order chi connectivity index (χ1) is 13.5. The van der Waals surface area contributed by atoms with Gasteiger partial charge in [0.15, 0.2) is 0 Å². The number of halogens is 1. The van der Waals surface area contributed by atoms with Crippen LogP contribution in [0.3, 0.4) is 0 Å². The Bertz CT molecular complexity index is 867. The number of aromatic carboxylic acids is 1. The molecule has 0 radical (unpaired) electrons. The number of carbonyl (C=O) groups excluding carboxylic acids is 1. The van der Waals surface area contributed by atoms with Crippen molar-refractivity contribution in [1.29, 1.82) is 0 Å². The van der Waals surface area contributed by atoms with Gasteiger partial charge in [-0.15, -0.1) is 0 Å². The molecule has 2 aromatic rings. The van der Waals surface area contributed by atoms with E-state index in [1.54, 1.807) is 19.2 Å². The van der Waals surface area contributed by atoms with Crippen LogP contribution < -0.4 is 10.2 Å². The smallest absolute Gasteiger partial charge is 0.335 e. The summed E-state index contributed by atoms with van der Waals surface area (Å²) in [5, 5.41) is 11.9. The summed E-state index contributed by atoms with van der Waals surface area (Å²) in [6.07, 6.45) is -0.145. The highest BCUT2D eigenvalue weighted by atomic mass is 19.1. The van der Waals surface area contributed by atoms with E-state index in [0.717, 1.165) is 0 Å². The molecule has 0 saturated carbocycles. The molecule has 2 aromatic carbocycles. The largest absolute Gasteiger partial charge is 0.478 e. The first-order valence-electron chi connectivity index (χ1n) is 8.79. The molecule has 1 heterocycles. The minimum Gasteiger partial charge on any atom is -0.478 e. The number of nitrogens with one attached hydrogen (secondary N) is 1. The average Bonchev–Trinajstić information content (AvgIpc) is 2.68. The van der Waals surface area contributed by atoms with Gasteiger partial charge in [0, 0.05) is 13.6 Å². The van der Waals surface area contributed by atoms with Crippen LogP contribution in [0.4, 0.5) is 15.8 Å². The topological polar surface area (TPSA) is 88.1 Å². The summed E-state index contributed by atoms with van der Waals surface area (Å²) in [5.74, 6) is -2.44. The molecular formula is C20H21FN2O5. The number of rotatable bonds is 6. The molecule has 148 valence electrons. The number of hydrogen-bond donors (Lipinski definition) is 2. The summed E-state index contributed by atoms with van der Waals surface area (Å²) in [6.45, 7) is 1.99. The lowest BCUT2D eigenvalue weighted by molar-refractivity contribution is -0.0837. The Labute approximate surface area is 161 Å². The number of hydrogen-bond acceptors (Lipinski definition) is 5. The van der Waals surface area contributed by atoms with Crippen molar-refractivity contribution in [1.82, 2.24) is 0 Å². The number of ether oxygens (including phenoxy) is 2. The molecule has 1 saturated heterocycles. The number of carboxylic acid groups (broad SMARTS) is 1. The number of carboxylic acids is 1. The standard InChI is InChI=1S/C20H21FN2O5/c1-23(11-14-12-27-8-9-28-14)18-7-6-13(20(25)26)10-17(18)22-19(24)15-4-2-3-5-16(15)21/h2-7,10,14H,8-9,11-12H2,1H3,(H,22,24)(H,25,26)/t14-/m0/s1. The average molecular weight is 388 g/mol. The molecule has 0 aliphatic carbocycles. The maximum atomic E-state index is 13.9. The molecule has 1 aliphatic rings. The minimum absolute atomic E-state index is 0.0123.